The molecule has 2 rings (SSSR count). The zero-order valence-corrected chi connectivity index (χ0v) is 10.3. The Labute approximate surface area is 98.5 Å². The van der Waals surface area contributed by atoms with Gasteiger partial charge in [0.25, 0.3) is 0 Å². The Hall–Kier alpha value is -1.43. The lowest BCUT2D eigenvalue weighted by molar-refractivity contribution is 0.812. The highest BCUT2D eigenvalue weighted by atomic mass is 32.1. The first-order valence-corrected chi connectivity index (χ1v) is 6.13. The van der Waals surface area contributed by atoms with Crippen LogP contribution in [-0.4, -0.2) is 26.3 Å². The van der Waals surface area contributed by atoms with Crippen LogP contribution in [0.3, 0.4) is 0 Å². The average molecular weight is 237 g/mol. The lowest BCUT2D eigenvalue weighted by atomic mass is 10.4. The largest absolute Gasteiger partial charge is 0.360 e. The molecule has 16 heavy (non-hydrogen) atoms. The fraction of sp³-hybridized carbons (Fsp3) is 0.500. The fourth-order valence-electron chi connectivity index (χ4n) is 1.33. The number of hydrogen-bond acceptors (Lipinski definition) is 5. The summed E-state index contributed by atoms with van der Waals surface area (Å²) < 4.78 is 2.00. The summed E-state index contributed by atoms with van der Waals surface area (Å²) >= 11 is 1.59. The zero-order chi connectivity index (χ0) is 11.4. The van der Waals surface area contributed by atoms with Crippen molar-refractivity contribution in [2.75, 3.05) is 11.9 Å². The molecule has 0 unspecified atom stereocenters. The molecule has 0 saturated carbocycles. The van der Waals surface area contributed by atoms with Gasteiger partial charge in [0.2, 0.25) is 5.13 Å². The lowest BCUT2D eigenvalue weighted by Crippen LogP contribution is -1.98. The molecule has 6 heteroatoms. The van der Waals surface area contributed by atoms with Gasteiger partial charge in [-0.3, -0.25) is 0 Å². The first kappa shape index (κ1) is 11.1. The first-order chi connectivity index (χ1) is 7.79. The number of aryl methyl sites for hydroxylation is 1. The monoisotopic (exact) mass is 237 g/mol. The van der Waals surface area contributed by atoms with E-state index in [1.165, 1.54) is 0 Å². The van der Waals surface area contributed by atoms with Crippen molar-refractivity contribution in [2.45, 2.75) is 19.8 Å². The molecule has 0 aliphatic carbocycles. The molecule has 0 atom stereocenters. The highest BCUT2D eigenvalue weighted by Crippen LogP contribution is 2.17. The molecular formula is C10H15N5S. The first-order valence-electron chi connectivity index (χ1n) is 5.32. The third-order valence-corrected chi connectivity index (χ3v) is 3.10. The normalized spacial score (nSPS) is 10.6. The van der Waals surface area contributed by atoms with Crippen molar-refractivity contribution in [3.05, 3.63) is 23.2 Å². The molecule has 5 nitrogen and oxygen atoms in total. The van der Waals surface area contributed by atoms with E-state index in [4.69, 9.17) is 0 Å². The van der Waals surface area contributed by atoms with E-state index in [2.05, 4.69) is 27.4 Å². The Bertz CT molecular complexity index is 448. The molecule has 0 radical (unpaired) electrons. The van der Waals surface area contributed by atoms with Crippen molar-refractivity contribution in [3.8, 4) is 0 Å². The number of aromatic nitrogens is 4. The van der Waals surface area contributed by atoms with Gasteiger partial charge in [-0.1, -0.05) is 18.3 Å². The number of nitrogens with zero attached hydrogens (tertiary/aromatic N) is 4. The molecule has 0 aliphatic rings. The van der Waals surface area contributed by atoms with Gasteiger partial charge in [0, 0.05) is 26.0 Å². The molecule has 2 heterocycles. The Morgan fingerprint density at radius 1 is 1.44 bits per heavy atom. The van der Waals surface area contributed by atoms with Crippen molar-refractivity contribution in [2.24, 2.45) is 7.05 Å². The summed E-state index contributed by atoms with van der Waals surface area (Å²) in [6.07, 6.45) is 5.57. The van der Waals surface area contributed by atoms with Gasteiger partial charge in [-0.25, -0.2) is 4.98 Å². The number of imidazole rings is 1. The standard InChI is InChI=1S/C10H15N5S/c1-3-4-12-10-14-13-9(16-10)7-8-11-5-6-15(8)2/h5-6H,3-4,7H2,1-2H3,(H,12,14). The van der Waals surface area contributed by atoms with E-state index in [1.807, 2.05) is 17.8 Å². The van der Waals surface area contributed by atoms with Gasteiger partial charge < -0.3 is 9.88 Å². The molecule has 0 saturated heterocycles. The fourth-order valence-corrected chi connectivity index (χ4v) is 2.09. The number of hydrogen-bond donors (Lipinski definition) is 1. The van der Waals surface area contributed by atoms with Gasteiger partial charge in [-0.15, -0.1) is 10.2 Å². The molecule has 86 valence electrons. The second-order valence-corrected chi connectivity index (χ2v) is 4.62. The Kier molecular flexibility index (Phi) is 3.51. The lowest BCUT2D eigenvalue weighted by Gasteiger charge is -1.97. The highest BCUT2D eigenvalue weighted by molar-refractivity contribution is 7.15. The third-order valence-electron chi connectivity index (χ3n) is 2.22. The highest BCUT2D eigenvalue weighted by Gasteiger charge is 2.07. The Balaban J connectivity index is 2.00. The molecule has 2 aromatic heterocycles. The summed E-state index contributed by atoms with van der Waals surface area (Å²) in [6.45, 7) is 3.07. The molecule has 1 N–H and O–H groups in total. The number of rotatable bonds is 5. The summed E-state index contributed by atoms with van der Waals surface area (Å²) in [5, 5.41) is 13.3. The van der Waals surface area contributed by atoms with E-state index in [0.29, 0.717) is 0 Å². The van der Waals surface area contributed by atoms with Crippen molar-refractivity contribution in [3.63, 3.8) is 0 Å². The van der Waals surface area contributed by atoms with Crippen LogP contribution in [0.4, 0.5) is 5.13 Å². The Morgan fingerprint density at radius 3 is 3.00 bits per heavy atom. The zero-order valence-electron chi connectivity index (χ0n) is 9.47. The molecule has 0 fully saturated rings. The SMILES string of the molecule is CCCNc1nnc(Cc2nccn2C)s1. The second-order valence-electron chi connectivity index (χ2n) is 3.56. The Morgan fingerprint density at radius 2 is 2.31 bits per heavy atom. The predicted molar refractivity (Wildman–Crippen MR) is 64.7 cm³/mol. The minimum Gasteiger partial charge on any atom is -0.360 e. The maximum atomic E-state index is 4.26. The molecule has 2 aromatic rings. The number of nitrogens with one attached hydrogen (secondary N) is 1. The van der Waals surface area contributed by atoms with Crippen molar-refractivity contribution >= 4 is 16.5 Å². The molecule has 0 amide bonds. The van der Waals surface area contributed by atoms with Crippen LogP contribution in [0, 0.1) is 0 Å². The van der Waals surface area contributed by atoms with Gasteiger partial charge in [0.1, 0.15) is 10.8 Å². The van der Waals surface area contributed by atoms with Gasteiger partial charge >= 0.3 is 0 Å². The van der Waals surface area contributed by atoms with Crippen LogP contribution in [0.25, 0.3) is 0 Å². The van der Waals surface area contributed by atoms with Crippen LogP contribution < -0.4 is 5.32 Å². The maximum absolute atomic E-state index is 4.26. The van der Waals surface area contributed by atoms with Gasteiger partial charge in [0.05, 0.1) is 6.42 Å². The van der Waals surface area contributed by atoms with E-state index < -0.39 is 0 Å². The molecule has 0 spiro atoms. The van der Waals surface area contributed by atoms with E-state index >= 15 is 0 Å². The molecular weight excluding hydrogens is 222 g/mol. The minimum absolute atomic E-state index is 0.745. The van der Waals surface area contributed by atoms with E-state index in [-0.39, 0.29) is 0 Å². The minimum atomic E-state index is 0.745. The van der Waals surface area contributed by atoms with Gasteiger partial charge in [-0.2, -0.15) is 0 Å². The van der Waals surface area contributed by atoms with E-state index in [1.54, 1.807) is 17.5 Å². The van der Waals surface area contributed by atoms with Crippen LogP contribution >= 0.6 is 11.3 Å². The quantitative estimate of drug-likeness (QED) is 0.859. The number of anilines is 1. The second kappa shape index (κ2) is 5.07. The van der Waals surface area contributed by atoms with Gasteiger partial charge in [0.15, 0.2) is 0 Å². The summed E-state index contributed by atoms with van der Waals surface area (Å²) in [6, 6.07) is 0. The maximum Gasteiger partial charge on any atom is 0.205 e. The van der Waals surface area contributed by atoms with E-state index in [0.717, 1.165) is 35.3 Å². The van der Waals surface area contributed by atoms with Crippen LogP contribution in [0.15, 0.2) is 12.4 Å². The topological polar surface area (TPSA) is 55.6 Å². The van der Waals surface area contributed by atoms with Crippen LogP contribution in [-0.2, 0) is 13.5 Å². The summed E-state index contributed by atoms with van der Waals surface area (Å²) in [5.74, 6) is 1.01. The summed E-state index contributed by atoms with van der Waals surface area (Å²) in [7, 11) is 1.99. The van der Waals surface area contributed by atoms with Crippen LogP contribution in [0.1, 0.15) is 24.2 Å². The van der Waals surface area contributed by atoms with Crippen molar-refractivity contribution in [1.82, 2.24) is 19.7 Å². The molecule has 0 aromatic carbocycles. The summed E-state index contributed by atoms with van der Waals surface area (Å²) in [5.41, 5.74) is 0. The summed E-state index contributed by atoms with van der Waals surface area (Å²) in [4.78, 5) is 4.26. The third kappa shape index (κ3) is 2.57. The predicted octanol–water partition coefficient (Wildman–Crippen LogP) is 1.68. The average Bonchev–Trinajstić information content (AvgIpc) is 2.87. The van der Waals surface area contributed by atoms with Crippen LogP contribution in [0.2, 0.25) is 0 Å². The molecule has 0 bridgehead atoms. The molecule has 0 aliphatic heterocycles. The smallest absolute Gasteiger partial charge is 0.205 e. The van der Waals surface area contributed by atoms with Gasteiger partial charge in [-0.05, 0) is 6.42 Å². The van der Waals surface area contributed by atoms with Crippen molar-refractivity contribution < 1.29 is 0 Å². The van der Waals surface area contributed by atoms with Crippen LogP contribution in [0.5, 0.6) is 0 Å². The van der Waals surface area contributed by atoms with Crippen molar-refractivity contribution in [1.29, 1.82) is 0 Å². The van der Waals surface area contributed by atoms with E-state index in [9.17, 15) is 0 Å².